The van der Waals surface area contributed by atoms with Crippen molar-refractivity contribution in [3.63, 3.8) is 0 Å². The summed E-state index contributed by atoms with van der Waals surface area (Å²) in [6, 6.07) is 78.3. The van der Waals surface area contributed by atoms with Crippen molar-refractivity contribution in [1.29, 1.82) is 0 Å². The highest BCUT2D eigenvalue weighted by molar-refractivity contribution is 6.76. The van der Waals surface area contributed by atoms with Gasteiger partial charge in [-0.15, -0.1) is 6.58 Å². The molecule has 0 saturated carbocycles. The van der Waals surface area contributed by atoms with Crippen molar-refractivity contribution < 1.29 is 57.6 Å². The largest absolute Gasteiger partial charge is 0.466 e. The Morgan fingerprint density at radius 2 is 0.754 bits per heavy atom. The zero-order valence-corrected chi connectivity index (χ0v) is 80.6. The molecule has 0 aliphatic heterocycles. The number of unbranched alkanes of at least 4 members (excludes halogenated alkanes) is 1. The number of hydrogen-bond donors (Lipinski definition) is 1. The van der Waals surface area contributed by atoms with Gasteiger partial charge in [0.1, 0.15) is 25.6 Å². The lowest BCUT2D eigenvalue weighted by atomic mass is 9.98. The molecule has 14 heteroatoms. The third kappa shape index (κ3) is 83.2. The van der Waals surface area contributed by atoms with E-state index in [1.807, 2.05) is 149 Å². The molecule has 1 aliphatic carbocycles. The number of allylic oxidation sites excluding steroid dienone is 1. The highest BCUT2D eigenvalue weighted by Gasteiger charge is 2.28. The Kier molecular flexibility index (Phi) is 81.1. The average Bonchev–Trinajstić information content (AvgIpc) is 1.62. The Hall–Kier alpha value is -9.35. The van der Waals surface area contributed by atoms with Crippen LogP contribution in [-0.2, 0) is 78.5 Å². The lowest BCUT2D eigenvalue weighted by Gasteiger charge is -2.17. The lowest BCUT2D eigenvalue weighted by molar-refractivity contribution is -0.143. The highest BCUT2D eigenvalue weighted by atomic mass is 28.3. The summed E-state index contributed by atoms with van der Waals surface area (Å²) in [6.45, 7) is 65.5. The van der Waals surface area contributed by atoms with Crippen LogP contribution in [0.4, 0.5) is 0 Å². The van der Waals surface area contributed by atoms with Crippen LogP contribution in [0.5, 0.6) is 0 Å². The maximum absolute atomic E-state index is 11.0. The normalized spacial score (nSPS) is 9.83. The van der Waals surface area contributed by atoms with Crippen molar-refractivity contribution in [1.82, 2.24) is 0 Å². The maximum atomic E-state index is 11.0. The van der Waals surface area contributed by atoms with Crippen LogP contribution in [-0.4, -0.2) is 83.3 Å². The quantitative estimate of drug-likeness (QED) is 0.0332. The van der Waals surface area contributed by atoms with E-state index in [0.29, 0.717) is 39.0 Å². The molecule has 0 unspecified atom stereocenters. The number of hydrogen-bond acceptors (Lipinski definition) is 12. The van der Waals surface area contributed by atoms with Gasteiger partial charge in [0.2, 0.25) is 0 Å². The van der Waals surface area contributed by atoms with E-state index in [1.165, 1.54) is 130 Å². The van der Waals surface area contributed by atoms with E-state index in [0.717, 1.165) is 48.3 Å². The Morgan fingerprint density at radius 3 is 1.00 bits per heavy atom. The Bertz CT molecular complexity index is 3570. The van der Waals surface area contributed by atoms with Gasteiger partial charge in [-0.1, -0.05) is 410 Å². The average molecular weight is 1660 g/mol. The fourth-order valence-electron chi connectivity index (χ4n) is 9.18. The zero-order chi connectivity index (χ0) is 91.1. The molecule has 0 spiro atoms. The molecule has 9 rings (SSSR count). The summed E-state index contributed by atoms with van der Waals surface area (Å²) in [7, 11) is -1.72. The van der Waals surface area contributed by atoms with Gasteiger partial charge in [-0.05, 0) is 119 Å². The molecule has 12 nitrogen and oxygen atoms in total. The molecule has 0 saturated heterocycles. The monoisotopic (exact) mass is 1660 g/mol. The van der Waals surface area contributed by atoms with Crippen LogP contribution in [0.15, 0.2) is 250 Å². The molecule has 0 bridgehead atoms. The lowest BCUT2D eigenvalue weighted by Crippen LogP contribution is -2.22. The number of aliphatic hydroxyl groups is 1. The number of aryl methyl sites for hydroxylation is 3. The molecular weight excluding hydrogens is 1500 g/mol. The number of rotatable bonds is 20. The molecule has 0 fully saturated rings. The van der Waals surface area contributed by atoms with Crippen LogP contribution in [0, 0.1) is 24.7 Å². The van der Waals surface area contributed by atoms with Gasteiger partial charge in [-0.25, -0.2) is 0 Å². The number of esters is 5. The van der Waals surface area contributed by atoms with Crippen molar-refractivity contribution >= 4 is 51.8 Å². The molecule has 0 atom stereocenters. The highest BCUT2D eigenvalue weighted by Crippen LogP contribution is 2.44. The summed E-state index contributed by atoms with van der Waals surface area (Å²) in [6.07, 6.45) is 10.6. The van der Waals surface area contributed by atoms with E-state index in [9.17, 15) is 28.8 Å². The van der Waals surface area contributed by atoms with Gasteiger partial charge < -0.3 is 33.6 Å². The van der Waals surface area contributed by atoms with E-state index >= 15 is 0 Å². The van der Waals surface area contributed by atoms with Crippen molar-refractivity contribution in [2.75, 3.05) is 26.4 Å². The number of Topliss-reactive ketones (excluding diaryl/α,β-unsaturated/α-hetero) is 1. The minimum absolute atomic E-state index is 0.143. The molecule has 0 heterocycles. The van der Waals surface area contributed by atoms with E-state index in [-0.39, 0.29) is 48.2 Å². The first-order valence-corrected chi connectivity index (χ1v) is 49.6. The summed E-state index contributed by atoms with van der Waals surface area (Å²) in [5.74, 6) is 1.47. The second-order valence-electron chi connectivity index (χ2n) is 30.9. The number of ether oxygens (including phenoxy) is 5. The first kappa shape index (κ1) is 119. The number of ketones is 1. The van der Waals surface area contributed by atoms with Gasteiger partial charge in [-0.3, -0.25) is 24.0 Å². The summed E-state index contributed by atoms with van der Waals surface area (Å²) in [5, 5.41) is 8.70. The first-order valence-electron chi connectivity index (χ1n) is 42.2. The van der Waals surface area contributed by atoms with Crippen LogP contribution >= 0.6 is 0 Å². The third-order valence-electron chi connectivity index (χ3n) is 14.9. The molecule has 656 valence electrons. The molecule has 118 heavy (non-hydrogen) atoms. The van der Waals surface area contributed by atoms with Gasteiger partial charge in [0.05, 0.1) is 19.8 Å². The number of aliphatic hydroxyl groups excluding tert-OH is 1. The van der Waals surface area contributed by atoms with Crippen molar-refractivity contribution in [2.24, 2.45) is 17.8 Å². The van der Waals surface area contributed by atoms with E-state index < -0.39 is 16.1 Å². The number of carbonyl (C=O) groups excluding carboxylic acids is 6. The summed E-state index contributed by atoms with van der Waals surface area (Å²) < 4.78 is 23.9. The predicted molar refractivity (Wildman–Crippen MR) is 513 cm³/mol. The van der Waals surface area contributed by atoms with E-state index in [2.05, 4.69) is 247 Å². The van der Waals surface area contributed by atoms with Crippen molar-refractivity contribution in [3.8, 4) is 22.3 Å². The van der Waals surface area contributed by atoms with Crippen molar-refractivity contribution in [2.45, 2.75) is 261 Å². The van der Waals surface area contributed by atoms with Crippen LogP contribution in [0.1, 0.15) is 216 Å². The molecule has 8 aromatic carbocycles. The Balaban J connectivity index is -0.000000292. The first-order chi connectivity index (χ1) is 55.8. The second kappa shape index (κ2) is 80.1. The van der Waals surface area contributed by atoms with Crippen LogP contribution in [0.25, 0.3) is 22.3 Å². The summed E-state index contributed by atoms with van der Waals surface area (Å²) >= 11 is 0. The fraction of sp³-hybridized carbons (Fsp3) is 0.442. The molecule has 0 amide bonds. The Morgan fingerprint density at radius 1 is 0.415 bits per heavy atom. The predicted octanol–water partition coefficient (Wildman–Crippen LogP) is 28.3. The number of carbonyl (C=O) groups is 6. The molecular formula is C104H160O12Si2. The van der Waals surface area contributed by atoms with Gasteiger partial charge in [0.25, 0.3) is 0 Å². The van der Waals surface area contributed by atoms with Gasteiger partial charge in [0.15, 0.2) is 0 Å². The molecule has 0 radical (unpaired) electrons. The SMILES string of the molecule is C=CCCC.C=CCOC(C)=O.CC.CC(=O)OCC(C)C.CC(=O)OCC1c2ccccc2-c2ccccc21.CC(=O)OCC[Si](C)(C)C.CC(=O)OCc1ccccc1.CC(C)=O.CC(C)C[Si](C)(C)C.CCC.CCC(C)C.CCc1ccc(CO)cc1.CCc1ccccc1.Cc1ccccc1.c1ccc(-c2ccccc2)cc1. The summed E-state index contributed by atoms with van der Waals surface area (Å²) in [5.41, 5.74) is 13.6. The molecule has 0 aromatic heterocycles. The van der Waals surface area contributed by atoms with Crippen LogP contribution in [0.2, 0.25) is 51.4 Å². The second-order valence-corrected chi connectivity index (χ2v) is 42.1. The topological polar surface area (TPSA) is 169 Å². The van der Waals surface area contributed by atoms with Crippen LogP contribution in [0.3, 0.4) is 0 Å². The standard InChI is InChI=1S/C16H14O2.C12H10.C9H10O2.C9H12O.C8H10.C7H16O2Si.C7H18Si.C7H8.C6H12O2.C5H8O2.C5H12.C5H10.C3H6O.C3H8.C2H6/c1-11(17)18-10-16-14-8-4-2-6-12(14)13-7-3-5-9-15(13)16;1-3-7-11(8-4-1)12-9-5-2-6-10-12;1-8(10)11-7-9-5-3-2-4-6-9;1-2-8-3-5-9(7-10)6-4-8;1-2-8-6-4-3-5-7-8;1-7(8)9-5-6-10(2,3)4;1-7(2)6-8(3,4)5;1-7-5-3-2-4-6-7;1-5(2)4-8-6(3)7;1-3-4-7-5(2)6;1-4-5(2)3;1-3-5-4-2;1-3(2)4;1-3-2;1-2/h2-9,16H,10H2,1H3;1-10H;2-6H,7H2,1H3;3-6,10H,2,7H2,1H3;3-7H,2H2,1H3;5-6H2,1-4H3;7H,6H2,1-5H3;2-6H,1H3;5H,4H2,1-3H3;3H,1,4H2,2H3;5H,4H2,1-3H3;3H,1,4-5H2,2H3;1-2H3;3H2,1-2H3;1-2H3. The summed E-state index contributed by atoms with van der Waals surface area (Å²) in [4.78, 5) is 61.2. The van der Waals surface area contributed by atoms with Crippen molar-refractivity contribution in [3.05, 3.63) is 289 Å². The Labute approximate surface area is 721 Å². The smallest absolute Gasteiger partial charge is 0.302 e. The minimum atomic E-state index is -1.00. The zero-order valence-electron chi connectivity index (χ0n) is 78.6. The maximum Gasteiger partial charge on any atom is 0.302 e. The fourth-order valence-corrected chi connectivity index (χ4v) is 12.3. The molecule has 1 N–H and O–H groups in total. The van der Waals surface area contributed by atoms with E-state index in [1.54, 1.807) is 0 Å². The third-order valence-corrected chi connectivity index (χ3v) is 18.6. The minimum Gasteiger partial charge on any atom is -0.466 e. The number of fused-ring (bicyclic) bond motifs is 3. The molecule has 8 aromatic rings. The van der Waals surface area contributed by atoms with Gasteiger partial charge >= 0.3 is 29.8 Å². The molecule has 1 aliphatic rings. The van der Waals surface area contributed by atoms with Crippen LogP contribution < -0.4 is 0 Å². The van der Waals surface area contributed by atoms with Gasteiger partial charge in [0, 0.05) is 56.7 Å². The van der Waals surface area contributed by atoms with E-state index in [4.69, 9.17) is 19.3 Å². The van der Waals surface area contributed by atoms with Gasteiger partial charge in [-0.2, -0.15) is 0 Å². The number of benzene rings is 8.